The number of rotatable bonds is 3. The first-order chi connectivity index (χ1) is 8.75. The highest BCUT2D eigenvalue weighted by molar-refractivity contribution is 5.95. The van der Waals surface area contributed by atoms with Crippen molar-refractivity contribution in [3.63, 3.8) is 0 Å². The number of aromatic carboxylic acids is 1. The number of carboxylic acids is 1. The summed E-state index contributed by atoms with van der Waals surface area (Å²) in [5.41, 5.74) is 2.74. The largest absolute Gasteiger partial charge is 0.478 e. The van der Waals surface area contributed by atoms with Crippen LogP contribution in [-0.2, 0) is 0 Å². The number of benzene rings is 1. The van der Waals surface area contributed by atoms with Crippen molar-refractivity contribution in [2.75, 3.05) is 0 Å². The normalized spacial score (nSPS) is 14.4. The number of nitrogens with zero attached hydrogens (tertiary/aromatic N) is 1. The maximum Gasteiger partial charge on any atom is 0.337 e. The molecule has 3 nitrogen and oxygen atoms in total. The molecular formula is C15H13NO2. The van der Waals surface area contributed by atoms with Gasteiger partial charge in [0, 0.05) is 11.8 Å². The minimum atomic E-state index is -0.913. The molecule has 90 valence electrons. The second-order valence-electron chi connectivity index (χ2n) is 4.61. The van der Waals surface area contributed by atoms with E-state index >= 15 is 0 Å². The predicted octanol–water partition coefficient (Wildman–Crippen LogP) is 3.32. The molecule has 2 aromatic rings. The molecule has 0 radical (unpaired) electrons. The van der Waals surface area contributed by atoms with E-state index in [1.54, 1.807) is 6.07 Å². The van der Waals surface area contributed by atoms with Gasteiger partial charge in [-0.3, -0.25) is 4.98 Å². The highest BCUT2D eigenvalue weighted by Crippen LogP contribution is 2.40. The Balaban J connectivity index is 2.11. The Morgan fingerprint density at radius 2 is 1.94 bits per heavy atom. The van der Waals surface area contributed by atoms with Gasteiger partial charge in [-0.1, -0.05) is 30.3 Å². The maximum atomic E-state index is 11.4. The van der Waals surface area contributed by atoms with Gasteiger partial charge in [-0.25, -0.2) is 4.79 Å². The lowest BCUT2D eigenvalue weighted by atomic mass is 10.0. The molecule has 1 saturated carbocycles. The van der Waals surface area contributed by atoms with E-state index in [9.17, 15) is 9.90 Å². The van der Waals surface area contributed by atoms with Crippen molar-refractivity contribution in [2.24, 2.45) is 0 Å². The van der Waals surface area contributed by atoms with E-state index in [-0.39, 0.29) is 0 Å². The Morgan fingerprint density at radius 3 is 2.56 bits per heavy atom. The van der Waals surface area contributed by atoms with E-state index in [1.165, 1.54) is 0 Å². The summed E-state index contributed by atoms with van der Waals surface area (Å²) in [7, 11) is 0. The molecule has 0 amide bonds. The molecule has 18 heavy (non-hydrogen) atoms. The van der Waals surface area contributed by atoms with Crippen LogP contribution in [0.2, 0.25) is 0 Å². The van der Waals surface area contributed by atoms with Crippen LogP contribution in [0.1, 0.15) is 34.7 Å². The fourth-order valence-electron chi connectivity index (χ4n) is 2.11. The van der Waals surface area contributed by atoms with Gasteiger partial charge in [-0.15, -0.1) is 0 Å². The predicted molar refractivity (Wildman–Crippen MR) is 68.6 cm³/mol. The number of hydrogen-bond donors (Lipinski definition) is 1. The third kappa shape index (κ3) is 1.99. The van der Waals surface area contributed by atoms with E-state index in [0.29, 0.717) is 17.2 Å². The number of pyridine rings is 1. The molecule has 1 aliphatic carbocycles. The van der Waals surface area contributed by atoms with Crippen molar-refractivity contribution in [3.8, 4) is 11.3 Å². The minimum Gasteiger partial charge on any atom is -0.478 e. The molecule has 0 aliphatic heterocycles. The molecular weight excluding hydrogens is 226 g/mol. The van der Waals surface area contributed by atoms with Crippen molar-refractivity contribution in [2.45, 2.75) is 18.8 Å². The topological polar surface area (TPSA) is 50.2 Å². The van der Waals surface area contributed by atoms with Gasteiger partial charge in [0.2, 0.25) is 0 Å². The molecule has 1 aromatic heterocycles. The summed E-state index contributed by atoms with van der Waals surface area (Å²) in [4.78, 5) is 15.7. The van der Waals surface area contributed by atoms with Crippen LogP contribution in [0.4, 0.5) is 0 Å². The highest BCUT2D eigenvalue weighted by Gasteiger charge is 2.26. The molecule has 0 atom stereocenters. The van der Waals surface area contributed by atoms with Crippen LogP contribution in [0.15, 0.2) is 42.6 Å². The van der Waals surface area contributed by atoms with E-state index in [2.05, 4.69) is 4.98 Å². The molecule has 1 fully saturated rings. The second-order valence-corrected chi connectivity index (χ2v) is 4.61. The molecule has 1 N–H and O–H groups in total. The Kier molecular flexibility index (Phi) is 2.59. The van der Waals surface area contributed by atoms with Crippen LogP contribution < -0.4 is 0 Å². The molecule has 1 aliphatic rings. The Morgan fingerprint density at radius 1 is 1.22 bits per heavy atom. The van der Waals surface area contributed by atoms with Gasteiger partial charge in [0.05, 0.1) is 11.3 Å². The Hall–Kier alpha value is -2.16. The number of carboxylic acid groups (broad SMARTS) is 1. The summed E-state index contributed by atoms with van der Waals surface area (Å²) in [5.74, 6) is -0.399. The lowest BCUT2D eigenvalue weighted by Gasteiger charge is -2.07. The zero-order valence-electron chi connectivity index (χ0n) is 9.84. The lowest BCUT2D eigenvalue weighted by Crippen LogP contribution is -2.03. The van der Waals surface area contributed by atoms with Crippen LogP contribution in [0.5, 0.6) is 0 Å². The molecule has 3 heteroatoms. The van der Waals surface area contributed by atoms with Crippen molar-refractivity contribution in [1.29, 1.82) is 0 Å². The first-order valence-corrected chi connectivity index (χ1v) is 6.04. The van der Waals surface area contributed by atoms with Crippen LogP contribution in [-0.4, -0.2) is 16.1 Å². The average molecular weight is 239 g/mol. The van der Waals surface area contributed by atoms with Crippen molar-refractivity contribution >= 4 is 5.97 Å². The van der Waals surface area contributed by atoms with Gasteiger partial charge in [-0.2, -0.15) is 0 Å². The Labute approximate surface area is 105 Å². The molecule has 0 bridgehead atoms. The Bertz CT molecular complexity index is 589. The summed E-state index contributed by atoms with van der Waals surface area (Å²) in [5, 5.41) is 9.31. The van der Waals surface area contributed by atoms with Crippen molar-refractivity contribution in [1.82, 2.24) is 4.98 Å². The first-order valence-electron chi connectivity index (χ1n) is 6.04. The summed E-state index contributed by atoms with van der Waals surface area (Å²) in [6, 6.07) is 11.2. The zero-order valence-corrected chi connectivity index (χ0v) is 9.84. The van der Waals surface area contributed by atoms with Crippen LogP contribution >= 0.6 is 0 Å². The quantitative estimate of drug-likeness (QED) is 0.893. The smallest absolute Gasteiger partial charge is 0.337 e. The van der Waals surface area contributed by atoms with Crippen molar-refractivity contribution in [3.05, 3.63) is 53.7 Å². The standard InChI is InChI=1S/C15H13NO2/c17-15(18)13-8-12(10-6-7-10)9-16-14(13)11-4-2-1-3-5-11/h1-5,8-10H,6-7H2,(H,17,18). The van der Waals surface area contributed by atoms with Gasteiger partial charge < -0.3 is 5.11 Å². The molecule has 0 spiro atoms. The van der Waals surface area contributed by atoms with E-state index in [1.807, 2.05) is 36.5 Å². The molecule has 0 saturated heterocycles. The maximum absolute atomic E-state index is 11.4. The van der Waals surface area contributed by atoms with E-state index in [0.717, 1.165) is 24.0 Å². The summed E-state index contributed by atoms with van der Waals surface area (Å²) in [6.45, 7) is 0. The third-order valence-electron chi connectivity index (χ3n) is 3.24. The van der Waals surface area contributed by atoms with Crippen LogP contribution in [0.3, 0.4) is 0 Å². The van der Waals surface area contributed by atoms with Gasteiger partial charge >= 0.3 is 5.97 Å². The average Bonchev–Trinajstić information content (AvgIpc) is 3.23. The monoisotopic (exact) mass is 239 g/mol. The number of aromatic nitrogens is 1. The summed E-state index contributed by atoms with van der Waals surface area (Å²) in [6.07, 6.45) is 4.10. The fraction of sp³-hybridized carbons (Fsp3) is 0.200. The fourth-order valence-corrected chi connectivity index (χ4v) is 2.11. The first kappa shape index (κ1) is 11.0. The molecule has 3 rings (SSSR count). The SMILES string of the molecule is O=C(O)c1cc(C2CC2)cnc1-c1ccccc1. The van der Waals surface area contributed by atoms with Gasteiger partial charge in [0.15, 0.2) is 0 Å². The summed E-state index contributed by atoms with van der Waals surface area (Å²) < 4.78 is 0. The molecule has 0 unspecified atom stereocenters. The highest BCUT2D eigenvalue weighted by atomic mass is 16.4. The molecule has 1 heterocycles. The van der Waals surface area contributed by atoms with E-state index in [4.69, 9.17) is 0 Å². The van der Waals surface area contributed by atoms with Crippen molar-refractivity contribution < 1.29 is 9.90 Å². The van der Waals surface area contributed by atoms with Crippen LogP contribution in [0, 0.1) is 0 Å². The second kappa shape index (κ2) is 4.26. The minimum absolute atomic E-state index is 0.297. The zero-order chi connectivity index (χ0) is 12.5. The van der Waals surface area contributed by atoms with Gasteiger partial charge in [0.25, 0.3) is 0 Å². The lowest BCUT2D eigenvalue weighted by molar-refractivity contribution is 0.0697. The van der Waals surface area contributed by atoms with Gasteiger partial charge in [0.1, 0.15) is 0 Å². The third-order valence-corrected chi connectivity index (χ3v) is 3.24. The van der Waals surface area contributed by atoms with E-state index < -0.39 is 5.97 Å². The molecule has 1 aromatic carbocycles. The number of carbonyl (C=O) groups is 1. The van der Waals surface area contributed by atoms with Gasteiger partial charge in [-0.05, 0) is 30.4 Å². The summed E-state index contributed by atoms with van der Waals surface area (Å²) >= 11 is 0. The van der Waals surface area contributed by atoms with Crippen LogP contribution in [0.25, 0.3) is 11.3 Å². The number of hydrogen-bond acceptors (Lipinski definition) is 2.